The van der Waals surface area contributed by atoms with Crippen LogP contribution in [0, 0.1) is 0 Å². The molecule has 45 heavy (non-hydrogen) atoms. The average molecular weight is 616 g/mol. The molecule has 4 atom stereocenters. The smallest absolute Gasteiger partial charge is 0.270 e. The minimum absolute atomic E-state index is 0.126. The van der Waals surface area contributed by atoms with Gasteiger partial charge in [-0.15, -0.1) is 0 Å². The summed E-state index contributed by atoms with van der Waals surface area (Å²) in [7, 11) is 1.62. The maximum atomic E-state index is 13.8. The van der Waals surface area contributed by atoms with Crippen molar-refractivity contribution in [1.29, 1.82) is 0 Å². The van der Waals surface area contributed by atoms with Gasteiger partial charge in [-0.2, -0.15) is 5.10 Å². The predicted octanol–water partition coefficient (Wildman–Crippen LogP) is 2.10. The second-order valence-corrected chi connectivity index (χ2v) is 11.1. The fourth-order valence-electron chi connectivity index (χ4n) is 5.05. The van der Waals surface area contributed by atoms with E-state index in [9.17, 15) is 24.3 Å². The highest BCUT2D eigenvalue weighted by molar-refractivity contribution is 5.97. The van der Waals surface area contributed by atoms with Crippen molar-refractivity contribution in [3.63, 3.8) is 0 Å². The van der Waals surface area contributed by atoms with Crippen LogP contribution in [0.2, 0.25) is 0 Å². The van der Waals surface area contributed by atoms with Crippen LogP contribution in [0.1, 0.15) is 54.7 Å². The van der Waals surface area contributed by atoms with Crippen LogP contribution in [0.25, 0.3) is 10.9 Å². The van der Waals surface area contributed by atoms with Gasteiger partial charge in [0.05, 0.1) is 6.04 Å². The zero-order valence-electron chi connectivity index (χ0n) is 25.7. The molecule has 12 heteroatoms. The Morgan fingerprint density at radius 3 is 2.38 bits per heavy atom. The van der Waals surface area contributed by atoms with E-state index >= 15 is 0 Å². The SMILES string of the molecule is CCCC[C@H](NC(=O)[C@H](Cc1c[nH]c2ccccc12)NC(=O)[C@H](C)NC(=O)c1ccnn1C)C(O)C(=O)NCc1ccccc1. The third-order valence-electron chi connectivity index (χ3n) is 7.68. The Labute approximate surface area is 262 Å². The number of hydrogen-bond acceptors (Lipinski definition) is 6. The summed E-state index contributed by atoms with van der Waals surface area (Å²) in [6.45, 7) is 3.73. The standard InChI is InChI=1S/C33H41N7O5/c1-4-5-14-26(29(41)33(45)35-19-22-11-7-6-8-12-22)38-31(43)27(18-23-20-34-25-15-10-9-13-24(23)25)39-30(42)21(2)37-32(44)28-16-17-36-40(28)3/h6-13,15-17,20-21,26-27,29,34,41H,4-5,14,18-19H2,1-3H3,(H,35,45)(H,37,44)(H,38,43)(H,39,42)/t21-,26-,27-,29?/m0/s1. The molecule has 0 saturated carbocycles. The highest BCUT2D eigenvalue weighted by atomic mass is 16.3. The number of fused-ring (bicyclic) bond motifs is 1. The number of carbonyl (C=O) groups is 4. The van der Waals surface area contributed by atoms with Crippen molar-refractivity contribution in [2.45, 2.75) is 70.3 Å². The first kappa shape index (κ1) is 32.9. The maximum absolute atomic E-state index is 13.8. The number of carbonyl (C=O) groups excluding carboxylic acids is 4. The number of aliphatic hydroxyl groups excluding tert-OH is 1. The first-order valence-corrected chi connectivity index (χ1v) is 15.1. The highest BCUT2D eigenvalue weighted by Crippen LogP contribution is 2.19. The molecule has 12 nitrogen and oxygen atoms in total. The van der Waals surface area contributed by atoms with Crippen LogP contribution in [-0.2, 0) is 34.4 Å². The van der Waals surface area contributed by atoms with Gasteiger partial charge in [-0.1, -0.05) is 68.3 Å². The quantitative estimate of drug-likeness (QED) is 0.120. The molecule has 2 aromatic carbocycles. The van der Waals surface area contributed by atoms with Gasteiger partial charge in [-0.05, 0) is 36.6 Å². The Balaban J connectivity index is 1.50. The van der Waals surface area contributed by atoms with Gasteiger partial charge in [-0.3, -0.25) is 23.9 Å². The van der Waals surface area contributed by atoms with Gasteiger partial charge in [0.1, 0.15) is 17.8 Å². The van der Waals surface area contributed by atoms with Crippen LogP contribution >= 0.6 is 0 Å². The Bertz CT molecular complexity index is 1600. The number of rotatable bonds is 15. The fraction of sp³-hybridized carbons (Fsp3) is 0.364. The summed E-state index contributed by atoms with van der Waals surface area (Å²) in [5, 5.41) is 26.9. The van der Waals surface area contributed by atoms with E-state index in [1.54, 1.807) is 13.2 Å². The maximum Gasteiger partial charge on any atom is 0.270 e. The van der Waals surface area contributed by atoms with Crippen molar-refractivity contribution < 1.29 is 24.3 Å². The average Bonchev–Trinajstić information content (AvgIpc) is 3.67. The summed E-state index contributed by atoms with van der Waals surface area (Å²) in [5.41, 5.74) is 2.82. The van der Waals surface area contributed by atoms with Gasteiger partial charge in [-0.25, -0.2) is 0 Å². The van der Waals surface area contributed by atoms with Crippen LogP contribution in [0.15, 0.2) is 73.1 Å². The first-order valence-electron chi connectivity index (χ1n) is 15.1. The molecule has 2 aromatic heterocycles. The van der Waals surface area contributed by atoms with Crippen molar-refractivity contribution in [2.24, 2.45) is 7.05 Å². The van der Waals surface area contributed by atoms with Crippen LogP contribution in [-0.4, -0.2) is 67.7 Å². The van der Waals surface area contributed by atoms with Crippen LogP contribution < -0.4 is 21.3 Å². The number of para-hydroxylation sites is 1. The third kappa shape index (κ3) is 8.79. The van der Waals surface area contributed by atoms with E-state index < -0.39 is 47.9 Å². The van der Waals surface area contributed by atoms with E-state index in [1.165, 1.54) is 23.9 Å². The Morgan fingerprint density at radius 2 is 1.67 bits per heavy atom. The normalized spacial score (nSPS) is 13.8. The molecule has 0 aliphatic rings. The molecule has 4 rings (SSSR count). The number of aromatic nitrogens is 3. The number of aryl methyl sites for hydroxylation is 1. The molecular formula is C33H41N7O5. The van der Waals surface area contributed by atoms with Crippen molar-refractivity contribution >= 4 is 34.5 Å². The molecule has 238 valence electrons. The molecular weight excluding hydrogens is 574 g/mol. The van der Waals surface area contributed by atoms with Crippen LogP contribution in [0.5, 0.6) is 0 Å². The molecule has 2 heterocycles. The number of benzene rings is 2. The van der Waals surface area contributed by atoms with Crippen LogP contribution in [0.3, 0.4) is 0 Å². The molecule has 4 amide bonds. The minimum Gasteiger partial charge on any atom is -0.381 e. The number of aromatic amines is 1. The number of amides is 4. The summed E-state index contributed by atoms with van der Waals surface area (Å²) in [5.74, 6) is -2.23. The third-order valence-corrected chi connectivity index (χ3v) is 7.68. The lowest BCUT2D eigenvalue weighted by Crippen LogP contribution is -2.57. The van der Waals surface area contributed by atoms with Gasteiger partial charge in [0.25, 0.3) is 11.8 Å². The molecule has 0 radical (unpaired) electrons. The van der Waals surface area contributed by atoms with Gasteiger partial charge in [0, 0.05) is 43.3 Å². The van der Waals surface area contributed by atoms with E-state index in [1.807, 2.05) is 61.5 Å². The van der Waals surface area contributed by atoms with Gasteiger partial charge >= 0.3 is 0 Å². The molecule has 0 spiro atoms. The monoisotopic (exact) mass is 615 g/mol. The van der Waals surface area contributed by atoms with E-state index in [0.717, 1.165) is 28.5 Å². The lowest BCUT2D eigenvalue weighted by Gasteiger charge is -2.27. The summed E-state index contributed by atoms with van der Waals surface area (Å²) in [6.07, 6.45) is 3.68. The summed E-state index contributed by atoms with van der Waals surface area (Å²) >= 11 is 0. The fourth-order valence-corrected chi connectivity index (χ4v) is 5.05. The molecule has 6 N–H and O–H groups in total. The second-order valence-electron chi connectivity index (χ2n) is 11.1. The second kappa shape index (κ2) is 15.7. The number of nitrogens with zero attached hydrogens (tertiary/aromatic N) is 2. The van der Waals surface area contributed by atoms with Crippen molar-refractivity contribution in [3.8, 4) is 0 Å². The lowest BCUT2D eigenvalue weighted by molar-refractivity contribution is -0.134. The number of aliphatic hydroxyl groups is 1. The number of unbranched alkanes of at least 4 members (excludes halogenated alkanes) is 1. The summed E-state index contributed by atoms with van der Waals surface area (Å²) in [4.78, 5) is 55.9. The minimum atomic E-state index is -1.51. The zero-order chi connectivity index (χ0) is 32.3. The van der Waals surface area contributed by atoms with E-state index in [4.69, 9.17) is 0 Å². The largest absolute Gasteiger partial charge is 0.381 e. The number of H-pyrrole nitrogens is 1. The Hall–Kier alpha value is -4.97. The molecule has 0 saturated heterocycles. The number of nitrogens with one attached hydrogen (secondary N) is 5. The number of hydrogen-bond donors (Lipinski definition) is 6. The summed E-state index contributed by atoms with van der Waals surface area (Å²) in [6, 6.07) is 15.5. The molecule has 0 bridgehead atoms. The van der Waals surface area contributed by atoms with Crippen molar-refractivity contribution in [3.05, 3.63) is 89.9 Å². The zero-order valence-corrected chi connectivity index (χ0v) is 25.7. The molecule has 0 aliphatic heterocycles. The van der Waals surface area contributed by atoms with E-state index in [-0.39, 0.29) is 18.7 Å². The van der Waals surface area contributed by atoms with Crippen molar-refractivity contribution in [2.75, 3.05) is 0 Å². The van der Waals surface area contributed by atoms with Gasteiger partial charge < -0.3 is 31.4 Å². The van der Waals surface area contributed by atoms with Crippen molar-refractivity contribution in [1.82, 2.24) is 36.0 Å². The van der Waals surface area contributed by atoms with Gasteiger partial charge in [0.15, 0.2) is 6.10 Å². The first-order chi connectivity index (χ1) is 21.7. The Morgan fingerprint density at radius 1 is 0.933 bits per heavy atom. The highest BCUT2D eigenvalue weighted by Gasteiger charge is 2.32. The van der Waals surface area contributed by atoms with E-state index in [2.05, 4.69) is 31.3 Å². The Kier molecular flexibility index (Phi) is 11.5. The molecule has 1 unspecified atom stereocenters. The summed E-state index contributed by atoms with van der Waals surface area (Å²) < 4.78 is 1.39. The van der Waals surface area contributed by atoms with E-state index in [0.29, 0.717) is 12.8 Å². The van der Waals surface area contributed by atoms with Crippen LogP contribution in [0.4, 0.5) is 0 Å². The topological polar surface area (TPSA) is 170 Å². The van der Waals surface area contributed by atoms with Gasteiger partial charge in [0.2, 0.25) is 11.8 Å². The predicted molar refractivity (Wildman–Crippen MR) is 170 cm³/mol. The molecule has 4 aromatic rings. The molecule has 0 fully saturated rings. The lowest BCUT2D eigenvalue weighted by atomic mass is 10.0. The molecule has 0 aliphatic carbocycles.